The van der Waals surface area contributed by atoms with Crippen LogP contribution in [0.4, 0.5) is 0 Å². The smallest absolute Gasteiger partial charge is 0.0726 e. The van der Waals surface area contributed by atoms with Crippen molar-refractivity contribution in [1.82, 2.24) is 0 Å². The molecule has 0 aromatic heterocycles. The van der Waals surface area contributed by atoms with Crippen LogP contribution < -0.4 is 0 Å². The number of aliphatic imine (C=N–C) groups is 1. The molecule has 0 bridgehead atoms. The number of hydrogen-bond donors (Lipinski definition) is 0. The van der Waals surface area contributed by atoms with Gasteiger partial charge < -0.3 is 0 Å². The van der Waals surface area contributed by atoms with Crippen LogP contribution in [-0.4, -0.2) is 12.0 Å². The Morgan fingerprint density at radius 3 is 2.33 bits per heavy atom. The molecule has 2 heteroatoms. The minimum Gasteiger partial charge on any atom is -0.279 e. The molecule has 1 nitrogen and oxygen atoms in total. The number of nitrogens with zero attached hydrogens (tertiary/aromatic N) is 1. The van der Waals surface area contributed by atoms with Gasteiger partial charge in [0.05, 0.1) is 12.3 Å². The Hall–Kier alpha value is -2.06. The fraction of sp³-hybridized carbons (Fsp3) is 0.105. The lowest BCUT2D eigenvalue weighted by molar-refractivity contribution is 1.11. The highest BCUT2D eigenvalue weighted by molar-refractivity contribution is 7.98. The summed E-state index contributed by atoms with van der Waals surface area (Å²) in [4.78, 5) is 6.05. The second-order valence-corrected chi connectivity index (χ2v) is 6.13. The molecule has 3 aromatic rings. The molecule has 0 fully saturated rings. The standard InChI is InChI=1S/C19H15NS/c1-21-17-8-6-13(7-9-17)19-18-11-15-5-3-2-4-14(15)10-16(18)12-20-19/h2-11H,12H2,1H3. The molecule has 0 N–H and O–H groups in total. The number of rotatable bonds is 2. The van der Waals surface area contributed by atoms with Crippen molar-refractivity contribution < 1.29 is 0 Å². The minimum absolute atomic E-state index is 0.791. The van der Waals surface area contributed by atoms with Crippen molar-refractivity contribution in [3.05, 3.63) is 77.4 Å². The summed E-state index contributed by atoms with van der Waals surface area (Å²) in [6, 6.07) is 21.8. The van der Waals surface area contributed by atoms with Gasteiger partial charge in [-0.25, -0.2) is 0 Å². The van der Waals surface area contributed by atoms with Gasteiger partial charge in [-0.1, -0.05) is 36.4 Å². The van der Waals surface area contributed by atoms with Crippen LogP contribution >= 0.6 is 11.8 Å². The molecule has 4 rings (SSSR count). The van der Waals surface area contributed by atoms with Gasteiger partial charge >= 0.3 is 0 Å². The van der Waals surface area contributed by atoms with E-state index in [-0.39, 0.29) is 0 Å². The van der Waals surface area contributed by atoms with Crippen LogP contribution in [0.25, 0.3) is 10.8 Å². The number of fused-ring (bicyclic) bond motifs is 2. The average Bonchev–Trinajstić information content (AvgIpc) is 2.95. The fourth-order valence-electron chi connectivity index (χ4n) is 2.88. The molecule has 0 unspecified atom stereocenters. The highest BCUT2D eigenvalue weighted by atomic mass is 32.2. The molecule has 0 radical (unpaired) electrons. The van der Waals surface area contributed by atoms with Crippen LogP contribution in [0.1, 0.15) is 16.7 Å². The molecule has 0 spiro atoms. The van der Waals surface area contributed by atoms with Crippen molar-refractivity contribution in [3.8, 4) is 0 Å². The second kappa shape index (κ2) is 5.05. The van der Waals surface area contributed by atoms with E-state index < -0.39 is 0 Å². The molecule has 0 aliphatic carbocycles. The van der Waals surface area contributed by atoms with E-state index in [1.807, 2.05) is 0 Å². The SMILES string of the molecule is CSc1ccc(C2=NCc3cc4ccccc4cc32)cc1. The molecule has 0 saturated heterocycles. The summed E-state index contributed by atoms with van der Waals surface area (Å²) >= 11 is 1.77. The second-order valence-electron chi connectivity index (χ2n) is 5.25. The molecular weight excluding hydrogens is 274 g/mol. The normalized spacial score (nSPS) is 13.3. The van der Waals surface area contributed by atoms with Crippen molar-refractivity contribution in [2.45, 2.75) is 11.4 Å². The third-order valence-corrected chi connectivity index (χ3v) is 4.74. The Bertz CT molecular complexity index is 847. The molecule has 0 saturated carbocycles. The van der Waals surface area contributed by atoms with E-state index in [2.05, 4.69) is 66.9 Å². The van der Waals surface area contributed by atoms with E-state index in [1.165, 1.54) is 32.4 Å². The van der Waals surface area contributed by atoms with E-state index in [1.54, 1.807) is 11.8 Å². The van der Waals surface area contributed by atoms with Crippen molar-refractivity contribution in [1.29, 1.82) is 0 Å². The first-order valence-electron chi connectivity index (χ1n) is 7.06. The maximum Gasteiger partial charge on any atom is 0.0726 e. The van der Waals surface area contributed by atoms with Crippen molar-refractivity contribution in [3.63, 3.8) is 0 Å². The van der Waals surface area contributed by atoms with Gasteiger partial charge in [-0.15, -0.1) is 11.8 Å². The molecule has 0 amide bonds. The predicted molar refractivity (Wildman–Crippen MR) is 91.5 cm³/mol. The van der Waals surface area contributed by atoms with Gasteiger partial charge in [0.1, 0.15) is 0 Å². The Kier molecular flexibility index (Phi) is 3.04. The van der Waals surface area contributed by atoms with Crippen molar-refractivity contribution in [2.24, 2.45) is 4.99 Å². The monoisotopic (exact) mass is 289 g/mol. The van der Waals surface area contributed by atoms with E-state index >= 15 is 0 Å². The van der Waals surface area contributed by atoms with Crippen LogP contribution in [0, 0.1) is 0 Å². The van der Waals surface area contributed by atoms with Gasteiger partial charge in [-0.2, -0.15) is 0 Å². The Labute approximate surface area is 128 Å². The van der Waals surface area contributed by atoms with Crippen molar-refractivity contribution >= 4 is 28.2 Å². The molecule has 3 aromatic carbocycles. The van der Waals surface area contributed by atoms with Gasteiger partial charge in [-0.05, 0) is 46.9 Å². The average molecular weight is 289 g/mol. The van der Waals surface area contributed by atoms with Crippen LogP contribution in [0.3, 0.4) is 0 Å². The lowest BCUT2D eigenvalue weighted by Crippen LogP contribution is -2.00. The van der Waals surface area contributed by atoms with Crippen LogP contribution in [0.15, 0.2) is 70.6 Å². The van der Waals surface area contributed by atoms with Gasteiger partial charge in [0, 0.05) is 16.0 Å². The fourth-order valence-corrected chi connectivity index (χ4v) is 3.29. The molecule has 0 atom stereocenters. The zero-order valence-electron chi connectivity index (χ0n) is 11.8. The third kappa shape index (κ3) is 2.16. The molecular formula is C19H15NS. The minimum atomic E-state index is 0.791. The highest BCUT2D eigenvalue weighted by Crippen LogP contribution is 2.28. The first-order valence-corrected chi connectivity index (χ1v) is 8.28. The summed E-state index contributed by atoms with van der Waals surface area (Å²) in [6.07, 6.45) is 2.10. The quantitative estimate of drug-likeness (QED) is 0.610. The largest absolute Gasteiger partial charge is 0.279 e. The molecule has 1 heterocycles. The zero-order valence-corrected chi connectivity index (χ0v) is 12.7. The zero-order chi connectivity index (χ0) is 14.2. The molecule has 1 aliphatic rings. The molecule has 102 valence electrons. The Morgan fingerprint density at radius 2 is 1.62 bits per heavy atom. The molecule has 21 heavy (non-hydrogen) atoms. The van der Waals surface area contributed by atoms with E-state index in [4.69, 9.17) is 4.99 Å². The Balaban J connectivity index is 1.82. The number of thioether (sulfide) groups is 1. The third-order valence-electron chi connectivity index (χ3n) is 4.00. The van der Waals surface area contributed by atoms with Crippen LogP contribution in [0.5, 0.6) is 0 Å². The maximum atomic E-state index is 4.76. The van der Waals surface area contributed by atoms with E-state index in [9.17, 15) is 0 Å². The summed E-state index contributed by atoms with van der Waals surface area (Å²) in [7, 11) is 0. The van der Waals surface area contributed by atoms with E-state index in [0.29, 0.717) is 0 Å². The van der Waals surface area contributed by atoms with Crippen LogP contribution in [0.2, 0.25) is 0 Å². The summed E-state index contributed by atoms with van der Waals surface area (Å²) in [6.45, 7) is 0.791. The summed E-state index contributed by atoms with van der Waals surface area (Å²) < 4.78 is 0. The number of benzene rings is 3. The van der Waals surface area contributed by atoms with Gasteiger partial charge in [0.15, 0.2) is 0 Å². The summed E-state index contributed by atoms with van der Waals surface area (Å²) in [5.74, 6) is 0. The first kappa shape index (κ1) is 12.7. The predicted octanol–water partition coefficient (Wildman–Crippen LogP) is 4.91. The topological polar surface area (TPSA) is 12.4 Å². The Morgan fingerprint density at radius 1 is 0.905 bits per heavy atom. The molecule has 1 aliphatic heterocycles. The number of hydrogen-bond acceptors (Lipinski definition) is 2. The van der Waals surface area contributed by atoms with Gasteiger partial charge in [0.2, 0.25) is 0 Å². The lowest BCUT2D eigenvalue weighted by atomic mass is 9.96. The van der Waals surface area contributed by atoms with E-state index in [0.717, 1.165) is 12.3 Å². The van der Waals surface area contributed by atoms with Gasteiger partial charge in [0.25, 0.3) is 0 Å². The van der Waals surface area contributed by atoms with Crippen LogP contribution in [-0.2, 0) is 6.54 Å². The highest BCUT2D eigenvalue weighted by Gasteiger charge is 2.18. The van der Waals surface area contributed by atoms with Gasteiger partial charge in [-0.3, -0.25) is 4.99 Å². The summed E-state index contributed by atoms with van der Waals surface area (Å²) in [5.41, 5.74) is 4.95. The lowest BCUT2D eigenvalue weighted by Gasteiger charge is -2.07. The first-order chi connectivity index (χ1) is 10.3. The maximum absolute atomic E-state index is 4.76. The summed E-state index contributed by atoms with van der Waals surface area (Å²) in [5, 5.41) is 2.58. The van der Waals surface area contributed by atoms with Crippen molar-refractivity contribution in [2.75, 3.05) is 6.26 Å².